The van der Waals surface area contributed by atoms with Gasteiger partial charge in [-0.25, -0.2) is 4.79 Å². The summed E-state index contributed by atoms with van der Waals surface area (Å²) in [5.74, 6) is 0. The second-order valence-electron chi connectivity index (χ2n) is 4.96. The van der Waals surface area contributed by atoms with E-state index in [1.54, 1.807) is 0 Å². The van der Waals surface area contributed by atoms with Crippen molar-refractivity contribution < 1.29 is 9.53 Å². The monoisotopic (exact) mass is 262 g/mol. The summed E-state index contributed by atoms with van der Waals surface area (Å²) < 4.78 is 5.22. The SMILES string of the molecule is CCCCc1ccc(NC(=O)N[C@@H]2CCOC2)cc1. The first-order chi connectivity index (χ1) is 9.28. The fourth-order valence-corrected chi connectivity index (χ4v) is 2.14. The molecule has 4 heteroatoms. The van der Waals surface area contributed by atoms with E-state index in [9.17, 15) is 4.79 Å². The summed E-state index contributed by atoms with van der Waals surface area (Å²) in [6.45, 7) is 3.54. The van der Waals surface area contributed by atoms with E-state index in [0.717, 1.165) is 25.1 Å². The Morgan fingerprint density at radius 2 is 2.16 bits per heavy atom. The molecule has 0 aromatic heterocycles. The quantitative estimate of drug-likeness (QED) is 0.857. The third-order valence-electron chi connectivity index (χ3n) is 3.30. The number of hydrogen-bond acceptors (Lipinski definition) is 2. The molecule has 1 atom stereocenters. The standard InChI is InChI=1S/C15H22N2O2/c1-2-3-4-12-5-7-13(8-6-12)16-15(18)17-14-9-10-19-11-14/h5-8,14H,2-4,9-11H2,1H3,(H2,16,17,18)/t14-/m1/s1. The van der Waals surface area contributed by atoms with E-state index in [1.165, 1.54) is 18.4 Å². The van der Waals surface area contributed by atoms with Crippen LogP contribution in [0.15, 0.2) is 24.3 Å². The number of hydrogen-bond donors (Lipinski definition) is 2. The number of amides is 2. The van der Waals surface area contributed by atoms with E-state index in [0.29, 0.717) is 6.61 Å². The Kier molecular flexibility index (Phi) is 5.21. The maximum Gasteiger partial charge on any atom is 0.319 e. The number of anilines is 1. The summed E-state index contributed by atoms with van der Waals surface area (Å²) in [7, 11) is 0. The van der Waals surface area contributed by atoms with Crippen LogP contribution in [-0.2, 0) is 11.2 Å². The van der Waals surface area contributed by atoms with Gasteiger partial charge in [0.15, 0.2) is 0 Å². The number of aryl methyl sites for hydroxylation is 1. The summed E-state index contributed by atoms with van der Waals surface area (Å²) in [5.41, 5.74) is 2.15. The molecule has 104 valence electrons. The molecular weight excluding hydrogens is 240 g/mol. The number of unbranched alkanes of at least 4 members (excludes halogenated alkanes) is 1. The zero-order chi connectivity index (χ0) is 13.5. The lowest BCUT2D eigenvalue weighted by atomic mass is 10.1. The number of ether oxygens (including phenoxy) is 1. The summed E-state index contributed by atoms with van der Waals surface area (Å²) in [4.78, 5) is 11.7. The van der Waals surface area contributed by atoms with Gasteiger partial charge in [-0.1, -0.05) is 25.5 Å². The molecule has 19 heavy (non-hydrogen) atoms. The van der Waals surface area contributed by atoms with Gasteiger partial charge in [-0.3, -0.25) is 0 Å². The van der Waals surface area contributed by atoms with Gasteiger partial charge in [0.25, 0.3) is 0 Å². The zero-order valence-corrected chi connectivity index (χ0v) is 11.4. The average Bonchev–Trinajstić information content (AvgIpc) is 2.90. The molecule has 2 rings (SSSR count). The molecule has 2 N–H and O–H groups in total. The van der Waals surface area contributed by atoms with Crippen molar-refractivity contribution in [2.75, 3.05) is 18.5 Å². The summed E-state index contributed by atoms with van der Waals surface area (Å²) in [6.07, 6.45) is 4.40. The van der Waals surface area contributed by atoms with Crippen LogP contribution in [0.4, 0.5) is 10.5 Å². The maximum atomic E-state index is 11.7. The highest BCUT2D eigenvalue weighted by atomic mass is 16.5. The zero-order valence-electron chi connectivity index (χ0n) is 11.4. The Morgan fingerprint density at radius 3 is 2.79 bits per heavy atom. The van der Waals surface area contributed by atoms with E-state index in [-0.39, 0.29) is 12.1 Å². The predicted octanol–water partition coefficient (Wildman–Crippen LogP) is 2.94. The van der Waals surface area contributed by atoms with E-state index in [4.69, 9.17) is 4.74 Å². The number of nitrogens with one attached hydrogen (secondary N) is 2. The molecule has 1 saturated heterocycles. The number of carbonyl (C=O) groups excluding carboxylic acids is 1. The van der Waals surface area contributed by atoms with Gasteiger partial charge in [0.05, 0.1) is 12.6 Å². The first-order valence-electron chi connectivity index (χ1n) is 7.02. The van der Waals surface area contributed by atoms with Crippen LogP contribution in [-0.4, -0.2) is 25.3 Å². The van der Waals surface area contributed by atoms with Crippen molar-refractivity contribution in [2.24, 2.45) is 0 Å². The molecule has 0 bridgehead atoms. The van der Waals surface area contributed by atoms with Gasteiger partial charge in [0.2, 0.25) is 0 Å². The van der Waals surface area contributed by atoms with Crippen molar-refractivity contribution in [3.8, 4) is 0 Å². The molecule has 1 aromatic carbocycles. The van der Waals surface area contributed by atoms with Crippen LogP contribution in [0.5, 0.6) is 0 Å². The smallest absolute Gasteiger partial charge is 0.319 e. The molecule has 1 aliphatic heterocycles. The molecule has 0 saturated carbocycles. The van der Waals surface area contributed by atoms with Crippen LogP contribution < -0.4 is 10.6 Å². The van der Waals surface area contributed by atoms with Crippen LogP contribution in [0.1, 0.15) is 31.7 Å². The molecule has 1 aliphatic rings. The van der Waals surface area contributed by atoms with Crippen molar-refractivity contribution in [3.63, 3.8) is 0 Å². The fourth-order valence-electron chi connectivity index (χ4n) is 2.14. The van der Waals surface area contributed by atoms with E-state index in [2.05, 4.69) is 29.7 Å². The van der Waals surface area contributed by atoms with Crippen LogP contribution in [0.25, 0.3) is 0 Å². The van der Waals surface area contributed by atoms with Gasteiger partial charge in [-0.05, 0) is 37.0 Å². The number of benzene rings is 1. The largest absolute Gasteiger partial charge is 0.379 e. The summed E-state index contributed by atoms with van der Waals surface area (Å²) in [5, 5.41) is 5.75. The molecule has 0 spiro atoms. The van der Waals surface area contributed by atoms with Crippen molar-refractivity contribution in [1.82, 2.24) is 5.32 Å². The van der Waals surface area contributed by atoms with Crippen LogP contribution in [0.2, 0.25) is 0 Å². The van der Waals surface area contributed by atoms with Crippen LogP contribution in [0, 0.1) is 0 Å². The van der Waals surface area contributed by atoms with Gasteiger partial charge in [0.1, 0.15) is 0 Å². The first kappa shape index (κ1) is 13.9. The highest BCUT2D eigenvalue weighted by molar-refractivity contribution is 5.89. The van der Waals surface area contributed by atoms with Crippen molar-refractivity contribution in [1.29, 1.82) is 0 Å². The van der Waals surface area contributed by atoms with E-state index in [1.807, 2.05) is 12.1 Å². The summed E-state index contributed by atoms with van der Waals surface area (Å²) >= 11 is 0. The molecule has 0 aliphatic carbocycles. The fraction of sp³-hybridized carbons (Fsp3) is 0.533. The molecule has 4 nitrogen and oxygen atoms in total. The highest BCUT2D eigenvalue weighted by Crippen LogP contribution is 2.12. The van der Waals surface area contributed by atoms with E-state index < -0.39 is 0 Å². The first-order valence-corrected chi connectivity index (χ1v) is 7.02. The normalized spacial score (nSPS) is 18.3. The van der Waals surface area contributed by atoms with Gasteiger partial charge in [0, 0.05) is 12.3 Å². The maximum absolute atomic E-state index is 11.7. The van der Waals surface area contributed by atoms with Gasteiger partial charge < -0.3 is 15.4 Å². The molecule has 2 amide bonds. The lowest BCUT2D eigenvalue weighted by Crippen LogP contribution is -2.38. The molecule has 1 heterocycles. The van der Waals surface area contributed by atoms with Gasteiger partial charge in [-0.2, -0.15) is 0 Å². The Morgan fingerprint density at radius 1 is 1.37 bits per heavy atom. The lowest BCUT2D eigenvalue weighted by Gasteiger charge is -2.12. The molecule has 1 aromatic rings. The van der Waals surface area contributed by atoms with Crippen molar-refractivity contribution >= 4 is 11.7 Å². The van der Waals surface area contributed by atoms with Crippen molar-refractivity contribution in [2.45, 2.75) is 38.6 Å². The Hall–Kier alpha value is -1.55. The minimum Gasteiger partial charge on any atom is -0.379 e. The van der Waals surface area contributed by atoms with Crippen LogP contribution in [0.3, 0.4) is 0 Å². The minimum absolute atomic E-state index is 0.142. The summed E-state index contributed by atoms with van der Waals surface area (Å²) in [6, 6.07) is 8.04. The average molecular weight is 262 g/mol. The Bertz CT molecular complexity index is 397. The molecular formula is C15H22N2O2. The topological polar surface area (TPSA) is 50.4 Å². The van der Waals surface area contributed by atoms with Gasteiger partial charge >= 0.3 is 6.03 Å². The second kappa shape index (κ2) is 7.14. The second-order valence-corrected chi connectivity index (χ2v) is 4.96. The molecule has 0 radical (unpaired) electrons. The highest BCUT2D eigenvalue weighted by Gasteiger charge is 2.17. The molecule has 0 unspecified atom stereocenters. The van der Waals surface area contributed by atoms with E-state index >= 15 is 0 Å². The molecule has 1 fully saturated rings. The van der Waals surface area contributed by atoms with Crippen molar-refractivity contribution in [3.05, 3.63) is 29.8 Å². The third kappa shape index (κ3) is 4.56. The predicted molar refractivity (Wildman–Crippen MR) is 76.4 cm³/mol. The minimum atomic E-state index is -0.156. The lowest BCUT2D eigenvalue weighted by molar-refractivity contribution is 0.189. The number of urea groups is 1. The third-order valence-corrected chi connectivity index (χ3v) is 3.30. The Balaban J connectivity index is 1.79. The number of rotatable bonds is 5. The van der Waals surface area contributed by atoms with Gasteiger partial charge in [-0.15, -0.1) is 0 Å². The Labute approximate surface area is 114 Å². The number of carbonyl (C=O) groups is 1. The van der Waals surface area contributed by atoms with Crippen LogP contribution >= 0.6 is 0 Å².